The zero-order chi connectivity index (χ0) is 14.4. The summed E-state index contributed by atoms with van der Waals surface area (Å²) in [6.07, 6.45) is 0. The van der Waals surface area contributed by atoms with Crippen molar-refractivity contribution in [1.82, 2.24) is 10.2 Å². The molecule has 0 bridgehead atoms. The summed E-state index contributed by atoms with van der Waals surface area (Å²) >= 11 is 7.55. The van der Waals surface area contributed by atoms with E-state index in [1.807, 2.05) is 6.07 Å². The third-order valence-electron chi connectivity index (χ3n) is 3.17. The van der Waals surface area contributed by atoms with Crippen LogP contribution in [0, 0.1) is 6.92 Å². The zero-order valence-electron chi connectivity index (χ0n) is 12.0. The maximum atomic E-state index is 5.91. The predicted molar refractivity (Wildman–Crippen MR) is 88.5 cm³/mol. The van der Waals surface area contributed by atoms with E-state index in [4.69, 9.17) is 11.6 Å². The molecule has 0 spiro atoms. The summed E-state index contributed by atoms with van der Waals surface area (Å²) in [5, 5.41) is 3.45. The van der Waals surface area contributed by atoms with Gasteiger partial charge in [-0.3, -0.25) is 0 Å². The number of nitrogens with one attached hydrogen (secondary N) is 1. The summed E-state index contributed by atoms with van der Waals surface area (Å²) in [7, 11) is 2.16. The van der Waals surface area contributed by atoms with Crippen molar-refractivity contribution in [2.45, 2.75) is 20.0 Å². The van der Waals surface area contributed by atoms with Gasteiger partial charge in [-0.15, -0.1) is 11.3 Å². The molecule has 0 aliphatic rings. The lowest BCUT2D eigenvalue weighted by molar-refractivity contribution is 0.324. The molecule has 1 heterocycles. The molecule has 2 aromatic rings. The van der Waals surface area contributed by atoms with Gasteiger partial charge in [0.1, 0.15) is 0 Å². The maximum Gasteiger partial charge on any atom is 0.0931 e. The van der Waals surface area contributed by atoms with Crippen LogP contribution >= 0.6 is 22.9 Å². The van der Waals surface area contributed by atoms with Crippen molar-refractivity contribution in [3.63, 3.8) is 0 Å². The molecule has 0 saturated heterocycles. The molecular weight excluding hydrogens is 288 g/mol. The SMILES string of the molecule is Cc1ccc(CN(C)CCNCc2ccc(Cl)s2)cc1. The second-order valence-corrected chi connectivity index (χ2v) is 6.91. The largest absolute Gasteiger partial charge is 0.311 e. The van der Waals surface area contributed by atoms with Crippen molar-refractivity contribution in [3.8, 4) is 0 Å². The fourth-order valence-electron chi connectivity index (χ4n) is 2.01. The first-order valence-corrected chi connectivity index (χ1v) is 8.02. The highest BCUT2D eigenvalue weighted by Gasteiger charge is 2.01. The number of thiophene rings is 1. The minimum Gasteiger partial charge on any atom is -0.311 e. The standard InChI is InChI=1S/C16H21ClN2S/c1-13-3-5-14(6-4-13)12-19(2)10-9-18-11-15-7-8-16(17)20-15/h3-8,18H,9-12H2,1-2H3. The summed E-state index contributed by atoms with van der Waals surface area (Å²) < 4.78 is 0.860. The highest BCUT2D eigenvalue weighted by atomic mass is 35.5. The first-order chi connectivity index (χ1) is 9.63. The number of benzene rings is 1. The summed E-state index contributed by atoms with van der Waals surface area (Å²) in [6, 6.07) is 12.8. The lowest BCUT2D eigenvalue weighted by Gasteiger charge is -2.17. The van der Waals surface area contributed by atoms with E-state index in [9.17, 15) is 0 Å². The van der Waals surface area contributed by atoms with E-state index in [1.54, 1.807) is 11.3 Å². The lowest BCUT2D eigenvalue weighted by Crippen LogP contribution is -2.28. The molecule has 0 radical (unpaired) electrons. The van der Waals surface area contributed by atoms with Crippen molar-refractivity contribution >= 4 is 22.9 Å². The third-order valence-corrected chi connectivity index (χ3v) is 4.40. The van der Waals surface area contributed by atoms with Gasteiger partial charge in [-0.2, -0.15) is 0 Å². The summed E-state index contributed by atoms with van der Waals surface area (Å²) in [4.78, 5) is 3.62. The number of halogens is 1. The molecule has 4 heteroatoms. The molecular formula is C16H21ClN2S. The summed E-state index contributed by atoms with van der Waals surface area (Å²) in [6.45, 7) is 6.03. The van der Waals surface area contributed by atoms with Crippen LogP contribution in [0.4, 0.5) is 0 Å². The number of rotatable bonds is 7. The average molecular weight is 309 g/mol. The van der Waals surface area contributed by atoms with Gasteiger partial charge in [0.25, 0.3) is 0 Å². The van der Waals surface area contributed by atoms with Crippen LogP contribution in [0.5, 0.6) is 0 Å². The molecule has 1 N–H and O–H groups in total. The van der Waals surface area contributed by atoms with Crippen LogP contribution < -0.4 is 5.32 Å². The van der Waals surface area contributed by atoms with Crippen LogP contribution in [0.1, 0.15) is 16.0 Å². The fraction of sp³-hybridized carbons (Fsp3) is 0.375. The number of hydrogen-bond donors (Lipinski definition) is 1. The zero-order valence-corrected chi connectivity index (χ0v) is 13.6. The number of nitrogens with zero attached hydrogens (tertiary/aromatic N) is 1. The van der Waals surface area contributed by atoms with Crippen molar-refractivity contribution in [3.05, 3.63) is 56.7 Å². The van der Waals surface area contributed by atoms with E-state index in [2.05, 4.69) is 54.5 Å². The van der Waals surface area contributed by atoms with Crippen molar-refractivity contribution in [1.29, 1.82) is 0 Å². The van der Waals surface area contributed by atoms with Gasteiger partial charge in [-0.25, -0.2) is 0 Å². The smallest absolute Gasteiger partial charge is 0.0931 e. The van der Waals surface area contributed by atoms with Crippen LogP contribution in [-0.2, 0) is 13.1 Å². The summed E-state index contributed by atoms with van der Waals surface area (Å²) in [5.74, 6) is 0. The Bertz CT molecular complexity index is 522. The van der Waals surface area contributed by atoms with Gasteiger partial charge >= 0.3 is 0 Å². The van der Waals surface area contributed by atoms with E-state index in [1.165, 1.54) is 16.0 Å². The molecule has 20 heavy (non-hydrogen) atoms. The lowest BCUT2D eigenvalue weighted by atomic mass is 10.1. The van der Waals surface area contributed by atoms with Gasteiger partial charge in [0.2, 0.25) is 0 Å². The van der Waals surface area contributed by atoms with Gasteiger partial charge < -0.3 is 10.2 Å². The first-order valence-electron chi connectivity index (χ1n) is 6.82. The van der Waals surface area contributed by atoms with E-state index in [0.29, 0.717) is 0 Å². The fourth-order valence-corrected chi connectivity index (χ4v) is 3.07. The quantitative estimate of drug-likeness (QED) is 0.780. The second-order valence-electron chi connectivity index (χ2n) is 5.11. The first kappa shape index (κ1) is 15.5. The monoisotopic (exact) mass is 308 g/mol. The van der Waals surface area contributed by atoms with Gasteiger partial charge in [-0.05, 0) is 31.7 Å². The Balaban J connectivity index is 1.65. The van der Waals surface area contributed by atoms with Crippen molar-refractivity contribution in [2.24, 2.45) is 0 Å². The van der Waals surface area contributed by atoms with Crippen LogP contribution in [0.2, 0.25) is 4.34 Å². The maximum absolute atomic E-state index is 5.91. The molecule has 1 aromatic carbocycles. The van der Waals surface area contributed by atoms with Crippen LogP contribution in [0.15, 0.2) is 36.4 Å². The third kappa shape index (κ3) is 5.25. The highest BCUT2D eigenvalue weighted by Crippen LogP contribution is 2.20. The van der Waals surface area contributed by atoms with Gasteiger partial charge in [-0.1, -0.05) is 41.4 Å². The Labute approximate surface area is 130 Å². The molecule has 0 aliphatic carbocycles. The number of likely N-dealkylation sites (N-methyl/N-ethyl adjacent to an activating group) is 1. The molecule has 0 saturated carbocycles. The second kappa shape index (κ2) is 7.79. The molecule has 2 nitrogen and oxygen atoms in total. The predicted octanol–water partition coefficient (Wildman–Crippen LogP) is 3.93. The molecule has 0 atom stereocenters. The minimum absolute atomic E-state index is 0.860. The topological polar surface area (TPSA) is 15.3 Å². The molecule has 1 aromatic heterocycles. The van der Waals surface area contributed by atoms with E-state index < -0.39 is 0 Å². The Hall–Kier alpha value is -0.870. The average Bonchev–Trinajstić information content (AvgIpc) is 2.83. The number of aryl methyl sites for hydroxylation is 1. The molecule has 0 fully saturated rings. The van der Waals surface area contributed by atoms with E-state index in [0.717, 1.165) is 30.5 Å². The van der Waals surface area contributed by atoms with Crippen molar-refractivity contribution in [2.75, 3.05) is 20.1 Å². The van der Waals surface area contributed by atoms with Crippen LogP contribution in [0.25, 0.3) is 0 Å². The van der Waals surface area contributed by atoms with Crippen LogP contribution in [-0.4, -0.2) is 25.0 Å². The molecule has 0 amide bonds. The minimum atomic E-state index is 0.860. The Morgan fingerprint density at radius 3 is 2.55 bits per heavy atom. The van der Waals surface area contributed by atoms with E-state index in [-0.39, 0.29) is 0 Å². The Morgan fingerprint density at radius 1 is 1.15 bits per heavy atom. The molecule has 0 aliphatic heterocycles. The van der Waals surface area contributed by atoms with Crippen LogP contribution in [0.3, 0.4) is 0 Å². The molecule has 0 unspecified atom stereocenters. The van der Waals surface area contributed by atoms with Gasteiger partial charge in [0, 0.05) is 31.1 Å². The van der Waals surface area contributed by atoms with Crippen molar-refractivity contribution < 1.29 is 0 Å². The van der Waals surface area contributed by atoms with E-state index >= 15 is 0 Å². The Morgan fingerprint density at radius 2 is 1.90 bits per heavy atom. The normalized spacial score (nSPS) is 11.2. The molecule has 2 rings (SSSR count). The Kier molecular flexibility index (Phi) is 6.05. The number of hydrogen-bond acceptors (Lipinski definition) is 3. The molecule has 108 valence electrons. The van der Waals surface area contributed by atoms with Gasteiger partial charge in [0.15, 0.2) is 0 Å². The highest BCUT2D eigenvalue weighted by molar-refractivity contribution is 7.16. The van der Waals surface area contributed by atoms with Gasteiger partial charge in [0.05, 0.1) is 4.34 Å². The summed E-state index contributed by atoms with van der Waals surface area (Å²) in [5.41, 5.74) is 2.68.